The highest BCUT2D eigenvalue weighted by atomic mass is 16.3. The minimum absolute atomic E-state index is 0.0916. The standard InChI is InChI=1S/C27H30N6O3/c1-4-7-24(26-29-30-31-33(26)17-23-9-6-13-36-23)32(16-22-8-5-12-35-22)15-21-14-20-11-10-18(2)19(3)25(20)28-27(21)34/h5-6,8-14,24H,4,7,15-17H2,1-3H3,(H,28,34). The Balaban J connectivity index is 1.53. The lowest BCUT2D eigenvalue weighted by atomic mass is 10.0. The van der Waals surface area contributed by atoms with E-state index in [4.69, 9.17) is 8.83 Å². The van der Waals surface area contributed by atoms with E-state index in [1.165, 1.54) is 0 Å². The number of H-pyrrole nitrogens is 1. The van der Waals surface area contributed by atoms with Gasteiger partial charge in [0.15, 0.2) is 5.82 Å². The molecule has 4 aromatic heterocycles. The van der Waals surface area contributed by atoms with Crippen LogP contribution in [0.5, 0.6) is 0 Å². The third kappa shape index (κ3) is 4.87. The molecule has 5 rings (SSSR count). The zero-order valence-electron chi connectivity index (χ0n) is 20.8. The fourth-order valence-corrected chi connectivity index (χ4v) is 4.65. The van der Waals surface area contributed by atoms with Crippen LogP contribution in [-0.2, 0) is 19.6 Å². The van der Waals surface area contributed by atoms with Crippen molar-refractivity contribution in [1.82, 2.24) is 30.1 Å². The van der Waals surface area contributed by atoms with Crippen molar-refractivity contribution >= 4 is 10.9 Å². The molecule has 0 spiro atoms. The first-order valence-electron chi connectivity index (χ1n) is 12.2. The summed E-state index contributed by atoms with van der Waals surface area (Å²) in [5, 5.41) is 13.6. The number of benzene rings is 1. The molecule has 4 heterocycles. The Labute approximate surface area is 208 Å². The van der Waals surface area contributed by atoms with E-state index >= 15 is 0 Å². The number of pyridine rings is 1. The van der Waals surface area contributed by atoms with Crippen LogP contribution in [0.3, 0.4) is 0 Å². The molecule has 9 heteroatoms. The Morgan fingerprint density at radius 1 is 1.06 bits per heavy atom. The molecule has 0 saturated carbocycles. The Kier molecular flexibility index (Phi) is 6.81. The van der Waals surface area contributed by atoms with Crippen molar-refractivity contribution in [3.05, 3.63) is 99.4 Å². The molecule has 0 amide bonds. The molecule has 0 saturated heterocycles. The Bertz CT molecular complexity index is 1480. The molecule has 1 aromatic carbocycles. The molecule has 1 N–H and O–H groups in total. The highest BCUT2D eigenvalue weighted by molar-refractivity contribution is 5.83. The van der Waals surface area contributed by atoms with Gasteiger partial charge in [-0.25, -0.2) is 4.68 Å². The van der Waals surface area contributed by atoms with Gasteiger partial charge in [-0.2, -0.15) is 0 Å². The number of hydrogen-bond acceptors (Lipinski definition) is 7. The minimum Gasteiger partial charge on any atom is -0.468 e. The van der Waals surface area contributed by atoms with Crippen LogP contribution in [0.15, 0.2) is 68.6 Å². The maximum absolute atomic E-state index is 13.2. The second kappa shape index (κ2) is 10.3. The van der Waals surface area contributed by atoms with Crippen LogP contribution in [0.2, 0.25) is 0 Å². The maximum Gasteiger partial charge on any atom is 0.252 e. The van der Waals surface area contributed by atoms with Crippen molar-refractivity contribution in [3.63, 3.8) is 0 Å². The Morgan fingerprint density at radius 3 is 2.56 bits per heavy atom. The molecule has 0 fully saturated rings. The van der Waals surface area contributed by atoms with Crippen molar-refractivity contribution in [2.24, 2.45) is 0 Å². The summed E-state index contributed by atoms with van der Waals surface area (Å²) in [6.07, 6.45) is 5.03. The molecular formula is C27H30N6O3. The number of nitrogens with one attached hydrogen (secondary N) is 1. The van der Waals surface area contributed by atoms with Gasteiger partial charge in [-0.3, -0.25) is 9.69 Å². The number of furan rings is 2. The van der Waals surface area contributed by atoms with Crippen LogP contribution in [0.1, 0.15) is 59.8 Å². The highest BCUT2D eigenvalue weighted by Crippen LogP contribution is 2.29. The van der Waals surface area contributed by atoms with E-state index in [1.54, 1.807) is 17.2 Å². The zero-order chi connectivity index (χ0) is 25.1. The molecule has 1 unspecified atom stereocenters. The third-order valence-electron chi connectivity index (χ3n) is 6.69. The number of hydrogen-bond donors (Lipinski definition) is 1. The van der Waals surface area contributed by atoms with Crippen LogP contribution >= 0.6 is 0 Å². The summed E-state index contributed by atoms with van der Waals surface area (Å²) in [4.78, 5) is 18.5. The van der Waals surface area contributed by atoms with Crippen molar-refractivity contribution < 1.29 is 8.83 Å². The molecule has 36 heavy (non-hydrogen) atoms. The average Bonchev–Trinajstić information content (AvgIpc) is 3.65. The van der Waals surface area contributed by atoms with Gasteiger partial charge in [0.1, 0.15) is 18.1 Å². The molecule has 1 atom stereocenters. The number of tetrazole rings is 1. The summed E-state index contributed by atoms with van der Waals surface area (Å²) in [7, 11) is 0. The SMILES string of the molecule is CCCC(c1nnnn1Cc1ccco1)N(Cc1ccco1)Cc1cc2ccc(C)c(C)c2[nH]c1=O. The van der Waals surface area contributed by atoms with E-state index in [0.29, 0.717) is 25.2 Å². The molecule has 5 aromatic rings. The van der Waals surface area contributed by atoms with E-state index in [1.807, 2.05) is 44.2 Å². The third-order valence-corrected chi connectivity index (χ3v) is 6.69. The van der Waals surface area contributed by atoms with Gasteiger partial charge in [-0.15, -0.1) is 5.10 Å². The molecule has 0 aliphatic heterocycles. The van der Waals surface area contributed by atoms with Gasteiger partial charge in [-0.05, 0) is 77.5 Å². The number of fused-ring (bicyclic) bond motifs is 1. The summed E-state index contributed by atoms with van der Waals surface area (Å²) < 4.78 is 13.0. The predicted molar refractivity (Wildman–Crippen MR) is 135 cm³/mol. The van der Waals surface area contributed by atoms with Crippen LogP contribution in [0, 0.1) is 13.8 Å². The first kappa shape index (κ1) is 23.7. The minimum atomic E-state index is -0.139. The van der Waals surface area contributed by atoms with Crippen LogP contribution in [0.4, 0.5) is 0 Å². The van der Waals surface area contributed by atoms with Gasteiger partial charge in [-0.1, -0.05) is 25.5 Å². The number of nitrogens with zero attached hydrogens (tertiary/aromatic N) is 5. The first-order valence-corrected chi connectivity index (χ1v) is 12.2. The van der Waals surface area contributed by atoms with Gasteiger partial charge in [0, 0.05) is 12.1 Å². The maximum atomic E-state index is 13.2. The lowest BCUT2D eigenvalue weighted by Crippen LogP contribution is -2.32. The summed E-state index contributed by atoms with van der Waals surface area (Å²) in [6.45, 7) is 7.57. The van der Waals surface area contributed by atoms with Crippen LogP contribution in [-0.4, -0.2) is 30.1 Å². The molecule has 186 valence electrons. The number of aryl methyl sites for hydroxylation is 2. The average molecular weight is 487 g/mol. The summed E-state index contributed by atoms with van der Waals surface area (Å²) in [5.74, 6) is 2.31. The summed E-state index contributed by atoms with van der Waals surface area (Å²) in [5.41, 5.74) is 3.71. The fourth-order valence-electron chi connectivity index (χ4n) is 4.65. The van der Waals surface area contributed by atoms with Crippen molar-refractivity contribution in [3.8, 4) is 0 Å². The monoisotopic (exact) mass is 486 g/mol. The lowest BCUT2D eigenvalue weighted by molar-refractivity contribution is 0.144. The predicted octanol–water partition coefficient (Wildman–Crippen LogP) is 4.91. The zero-order valence-corrected chi connectivity index (χ0v) is 20.8. The number of aromatic amines is 1. The van der Waals surface area contributed by atoms with Gasteiger partial charge in [0.25, 0.3) is 5.56 Å². The molecular weight excluding hydrogens is 456 g/mol. The molecule has 9 nitrogen and oxygen atoms in total. The van der Waals surface area contributed by atoms with Crippen molar-refractivity contribution in [2.75, 3.05) is 0 Å². The lowest BCUT2D eigenvalue weighted by Gasteiger charge is -2.30. The Morgan fingerprint density at radius 2 is 1.83 bits per heavy atom. The van der Waals surface area contributed by atoms with Crippen LogP contribution in [0.25, 0.3) is 10.9 Å². The van der Waals surface area contributed by atoms with Crippen LogP contribution < -0.4 is 5.56 Å². The number of rotatable bonds is 10. The normalized spacial score (nSPS) is 12.6. The largest absolute Gasteiger partial charge is 0.468 e. The van der Waals surface area contributed by atoms with Gasteiger partial charge >= 0.3 is 0 Å². The van der Waals surface area contributed by atoms with E-state index in [2.05, 4.69) is 44.5 Å². The van der Waals surface area contributed by atoms with E-state index in [9.17, 15) is 4.79 Å². The molecule has 0 bridgehead atoms. The van der Waals surface area contributed by atoms with E-state index in [-0.39, 0.29) is 11.6 Å². The van der Waals surface area contributed by atoms with Gasteiger partial charge < -0.3 is 13.8 Å². The molecule has 0 aliphatic rings. The fraction of sp³-hybridized carbons (Fsp3) is 0.333. The second-order valence-corrected chi connectivity index (χ2v) is 9.16. The quantitative estimate of drug-likeness (QED) is 0.299. The first-order chi connectivity index (χ1) is 17.5. The summed E-state index contributed by atoms with van der Waals surface area (Å²) >= 11 is 0. The molecule has 0 aliphatic carbocycles. The smallest absolute Gasteiger partial charge is 0.252 e. The van der Waals surface area contributed by atoms with Crippen molar-refractivity contribution in [1.29, 1.82) is 0 Å². The molecule has 0 radical (unpaired) electrons. The topological polar surface area (TPSA) is 106 Å². The highest BCUT2D eigenvalue weighted by Gasteiger charge is 2.28. The van der Waals surface area contributed by atoms with E-state index < -0.39 is 0 Å². The van der Waals surface area contributed by atoms with Crippen molar-refractivity contribution in [2.45, 2.75) is 59.3 Å². The second-order valence-electron chi connectivity index (χ2n) is 9.16. The summed E-state index contributed by atoms with van der Waals surface area (Å²) in [6, 6.07) is 13.6. The van der Waals surface area contributed by atoms with E-state index in [0.717, 1.165) is 52.2 Å². The van der Waals surface area contributed by atoms with Gasteiger partial charge in [0.2, 0.25) is 0 Å². The number of aromatic nitrogens is 5. The Hall–Kier alpha value is -3.98. The van der Waals surface area contributed by atoms with Gasteiger partial charge in [0.05, 0.1) is 30.6 Å².